The SMILES string of the molecule is CCOCCOc1ccc(C(=O)NC(=S)Nc2cccc(NC(=O)c3ccccc3)c2)cc1. The Morgan fingerprint density at radius 1 is 0.788 bits per heavy atom. The van der Waals surface area contributed by atoms with Crippen LogP contribution < -0.4 is 20.7 Å². The van der Waals surface area contributed by atoms with Crippen molar-refractivity contribution in [1.29, 1.82) is 0 Å². The molecule has 8 heteroatoms. The minimum absolute atomic E-state index is 0.142. The summed E-state index contributed by atoms with van der Waals surface area (Å²) in [6.07, 6.45) is 0. The lowest BCUT2D eigenvalue weighted by atomic mass is 10.2. The second-order valence-electron chi connectivity index (χ2n) is 6.88. The largest absolute Gasteiger partial charge is 0.491 e. The number of benzene rings is 3. The van der Waals surface area contributed by atoms with E-state index in [0.717, 1.165) is 0 Å². The molecule has 0 fully saturated rings. The van der Waals surface area contributed by atoms with Crippen molar-refractivity contribution in [2.24, 2.45) is 0 Å². The van der Waals surface area contributed by atoms with Gasteiger partial charge in [-0.3, -0.25) is 14.9 Å². The lowest BCUT2D eigenvalue weighted by Gasteiger charge is -2.12. The Labute approximate surface area is 198 Å². The molecule has 0 radical (unpaired) electrons. The molecule has 0 saturated carbocycles. The van der Waals surface area contributed by atoms with Crippen LogP contribution in [0.1, 0.15) is 27.6 Å². The van der Waals surface area contributed by atoms with Gasteiger partial charge in [-0.25, -0.2) is 0 Å². The average molecular weight is 464 g/mol. The Morgan fingerprint density at radius 3 is 2.15 bits per heavy atom. The fraction of sp³-hybridized carbons (Fsp3) is 0.160. The molecule has 0 unspecified atom stereocenters. The van der Waals surface area contributed by atoms with E-state index in [1.807, 2.05) is 13.0 Å². The topological polar surface area (TPSA) is 88.7 Å². The summed E-state index contributed by atoms with van der Waals surface area (Å²) < 4.78 is 10.8. The molecule has 3 aromatic carbocycles. The molecule has 33 heavy (non-hydrogen) atoms. The van der Waals surface area contributed by atoms with Gasteiger partial charge in [-0.1, -0.05) is 24.3 Å². The zero-order chi connectivity index (χ0) is 23.5. The van der Waals surface area contributed by atoms with Crippen LogP contribution in [0.4, 0.5) is 11.4 Å². The second-order valence-corrected chi connectivity index (χ2v) is 7.29. The van der Waals surface area contributed by atoms with Crippen LogP contribution in [0.2, 0.25) is 0 Å². The number of carbonyl (C=O) groups is 2. The second kappa shape index (κ2) is 12.3. The molecular formula is C25H25N3O4S. The highest BCUT2D eigenvalue weighted by atomic mass is 32.1. The third-order valence-electron chi connectivity index (χ3n) is 4.46. The summed E-state index contributed by atoms with van der Waals surface area (Å²) >= 11 is 5.26. The molecule has 0 spiro atoms. The van der Waals surface area contributed by atoms with Crippen molar-refractivity contribution in [2.45, 2.75) is 6.92 Å². The molecule has 2 amide bonds. The lowest BCUT2D eigenvalue weighted by Crippen LogP contribution is -2.34. The fourth-order valence-corrected chi connectivity index (χ4v) is 3.08. The van der Waals surface area contributed by atoms with E-state index in [1.54, 1.807) is 72.8 Å². The summed E-state index contributed by atoms with van der Waals surface area (Å²) in [5, 5.41) is 8.58. The summed E-state index contributed by atoms with van der Waals surface area (Å²) in [7, 11) is 0. The summed E-state index contributed by atoms with van der Waals surface area (Å²) in [5.74, 6) is 0.0946. The number of hydrogen-bond acceptors (Lipinski definition) is 5. The summed E-state index contributed by atoms with van der Waals surface area (Å²) in [6, 6.07) is 22.7. The van der Waals surface area contributed by atoms with E-state index in [2.05, 4.69) is 16.0 Å². The molecule has 7 nitrogen and oxygen atoms in total. The van der Waals surface area contributed by atoms with E-state index in [9.17, 15) is 9.59 Å². The van der Waals surface area contributed by atoms with Gasteiger partial charge in [-0.2, -0.15) is 0 Å². The van der Waals surface area contributed by atoms with Gasteiger partial charge in [0.1, 0.15) is 12.4 Å². The molecule has 3 N–H and O–H groups in total. The number of amides is 2. The highest BCUT2D eigenvalue weighted by molar-refractivity contribution is 7.80. The Bertz CT molecular complexity index is 1090. The summed E-state index contributed by atoms with van der Waals surface area (Å²) in [6.45, 7) is 3.52. The third kappa shape index (κ3) is 7.71. The highest BCUT2D eigenvalue weighted by Crippen LogP contribution is 2.16. The van der Waals surface area contributed by atoms with E-state index in [-0.39, 0.29) is 16.9 Å². The normalized spacial score (nSPS) is 10.2. The number of anilines is 2. The van der Waals surface area contributed by atoms with Gasteiger partial charge in [0, 0.05) is 29.1 Å². The number of nitrogens with one attached hydrogen (secondary N) is 3. The zero-order valence-electron chi connectivity index (χ0n) is 18.2. The number of hydrogen-bond donors (Lipinski definition) is 3. The van der Waals surface area contributed by atoms with Gasteiger partial charge in [0.25, 0.3) is 11.8 Å². The average Bonchev–Trinajstić information content (AvgIpc) is 2.83. The molecule has 0 aromatic heterocycles. The first-order valence-electron chi connectivity index (χ1n) is 10.4. The molecule has 0 saturated heterocycles. The van der Waals surface area contributed by atoms with E-state index in [4.69, 9.17) is 21.7 Å². The van der Waals surface area contributed by atoms with Crippen LogP contribution in [0.5, 0.6) is 5.75 Å². The predicted molar refractivity (Wildman–Crippen MR) is 133 cm³/mol. The van der Waals surface area contributed by atoms with Gasteiger partial charge >= 0.3 is 0 Å². The van der Waals surface area contributed by atoms with Crippen LogP contribution in [0.15, 0.2) is 78.9 Å². The highest BCUT2D eigenvalue weighted by Gasteiger charge is 2.10. The molecular weight excluding hydrogens is 438 g/mol. The van der Waals surface area contributed by atoms with Crippen LogP contribution in [0.3, 0.4) is 0 Å². The molecule has 0 bridgehead atoms. The van der Waals surface area contributed by atoms with Crippen molar-refractivity contribution in [3.63, 3.8) is 0 Å². The molecule has 0 aliphatic carbocycles. The van der Waals surface area contributed by atoms with Gasteiger partial charge in [0.05, 0.1) is 6.61 Å². The minimum atomic E-state index is -0.345. The minimum Gasteiger partial charge on any atom is -0.491 e. The number of thiocarbonyl (C=S) groups is 1. The van der Waals surface area contributed by atoms with Crippen molar-refractivity contribution in [3.8, 4) is 5.75 Å². The maximum atomic E-state index is 12.5. The Kier molecular flexibility index (Phi) is 8.93. The van der Waals surface area contributed by atoms with E-state index < -0.39 is 0 Å². The van der Waals surface area contributed by atoms with Crippen molar-refractivity contribution < 1.29 is 19.1 Å². The Hall–Kier alpha value is -3.75. The first-order chi connectivity index (χ1) is 16.0. The van der Waals surface area contributed by atoms with Gasteiger partial charge in [0.15, 0.2) is 5.11 Å². The molecule has 0 aliphatic heterocycles. The maximum absolute atomic E-state index is 12.5. The Balaban J connectivity index is 1.51. The van der Waals surface area contributed by atoms with E-state index in [0.29, 0.717) is 48.1 Å². The molecule has 0 aliphatic rings. The van der Waals surface area contributed by atoms with Crippen LogP contribution in [0, 0.1) is 0 Å². The zero-order valence-corrected chi connectivity index (χ0v) is 19.0. The van der Waals surface area contributed by atoms with Crippen molar-refractivity contribution in [1.82, 2.24) is 5.32 Å². The van der Waals surface area contributed by atoms with Gasteiger partial charge < -0.3 is 20.1 Å². The van der Waals surface area contributed by atoms with Crippen LogP contribution in [-0.4, -0.2) is 36.7 Å². The molecule has 3 rings (SSSR count). The first kappa shape index (κ1) is 23.9. The van der Waals surface area contributed by atoms with Gasteiger partial charge in [-0.15, -0.1) is 0 Å². The molecule has 0 atom stereocenters. The summed E-state index contributed by atoms with van der Waals surface area (Å²) in [5.41, 5.74) is 2.23. The van der Waals surface area contributed by atoms with Crippen molar-refractivity contribution in [2.75, 3.05) is 30.5 Å². The molecule has 3 aromatic rings. The predicted octanol–water partition coefficient (Wildman–Crippen LogP) is 4.48. The molecule has 170 valence electrons. The quantitative estimate of drug-likeness (QED) is 0.320. The summed E-state index contributed by atoms with van der Waals surface area (Å²) in [4.78, 5) is 24.8. The fourth-order valence-electron chi connectivity index (χ4n) is 2.87. The first-order valence-corrected chi connectivity index (χ1v) is 10.9. The number of ether oxygens (including phenoxy) is 2. The number of rotatable bonds is 9. The maximum Gasteiger partial charge on any atom is 0.257 e. The monoisotopic (exact) mass is 463 g/mol. The lowest BCUT2D eigenvalue weighted by molar-refractivity contribution is 0.0976. The van der Waals surface area contributed by atoms with E-state index in [1.165, 1.54) is 0 Å². The smallest absolute Gasteiger partial charge is 0.257 e. The van der Waals surface area contributed by atoms with Crippen LogP contribution >= 0.6 is 12.2 Å². The van der Waals surface area contributed by atoms with Gasteiger partial charge in [-0.05, 0) is 73.7 Å². The standard InChI is InChI=1S/C25H25N3O4S/c1-2-31-15-16-32-22-13-11-19(12-14-22)24(30)28-25(33)27-21-10-6-9-20(17-21)26-23(29)18-7-4-3-5-8-18/h3-14,17H,2,15-16H2,1H3,(H,26,29)(H2,27,28,30,33). The van der Waals surface area contributed by atoms with Crippen LogP contribution in [-0.2, 0) is 4.74 Å². The van der Waals surface area contributed by atoms with E-state index >= 15 is 0 Å². The molecule has 0 heterocycles. The Morgan fingerprint density at radius 2 is 1.45 bits per heavy atom. The third-order valence-corrected chi connectivity index (χ3v) is 4.66. The number of carbonyl (C=O) groups excluding carboxylic acids is 2. The van der Waals surface area contributed by atoms with Gasteiger partial charge in [0.2, 0.25) is 0 Å². The van der Waals surface area contributed by atoms with Crippen molar-refractivity contribution >= 4 is 40.5 Å². The van der Waals surface area contributed by atoms with Crippen molar-refractivity contribution in [3.05, 3.63) is 90.0 Å². The van der Waals surface area contributed by atoms with Crippen LogP contribution in [0.25, 0.3) is 0 Å².